The zero-order chi connectivity index (χ0) is 32.9. The molecule has 4 aliphatic rings. The molecule has 1 amide bonds. The summed E-state index contributed by atoms with van der Waals surface area (Å²) in [4.78, 5) is 35.3. The second-order valence-corrected chi connectivity index (χ2v) is 12.3. The Hall–Kier alpha value is -4.64. The third-order valence-corrected chi connectivity index (χ3v) is 9.01. The third-order valence-electron chi connectivity index (χ3n) is 9.01. The van der Waals surface area contributed by atoms with E-state index in [0.717, 1.165) is 42.6 Å². The second kappa shape index (κ2) is 14.6. The van der Waals surface area contributed by atoms with E-state index in [4.69, 9.17) is 24.2 Å². The van der Waals surface area contributed by atoms with Crippen molar-refractivity contribution < 1.29 is 23.4 Å². The molecule has 0 unspecified atom stereocenters. The number of fused-ring (bicyclic) bond motifs is 2. The van der Waals surface area contributed by atoms with Gasteiger partial charge in [0, 0.05) is 74.1 Å². The molecule has 1 saturated carbocycles. The maximum absolute atomic E-state index is 15.1. The molecule has 48 heavy (non-hydrogen) atoms. The lowest BCUT2D eigenvalue weighted by molar-refractivity contribution is -0.124. The van der Waals surface area contributed by atoms with Crippen LogP contribution < -0.4 is 14.5 Å². The fourth-order valence-electron chi connectivity index (χ4n) is 6.37. The van der Waals surface area contributed by atoms with Crippen molar-refractivity contribution in [3.8, 4) is 12.1 Å². The van der Waals surface area contributed by atoms with Crippen molar-refractivity contribution in [3.63, 3.8) is 0 Å². The average Bonchev–Trinajstić information content (AvgIpc) is 3.95. The predicted molar refractivity (Wildman–Crippen MR) is 177 cm³/mol. The fourth-order valence-corrected chi connectivity index (χ4v) is 6.37. The Morgan fingerprint density at radius 2 is 1.98 bits per heavy atom. The molecule has 7 rings (SSSR count). The highest BCUT2D eigenvalue weighted by atomic mass is 19.1. The van der Waals surface area contributed by atoms with Crippen LogP contribution in [0.15, 0.2) is 54.6 Å². The predicted octanol–water partition coefficient (Wildman–Crippen LogP) is 3.58. The molecule has 0 atom stereocenters. The normalized spacial score (nSPS) is 18.6. The standard InChI is InChI=1S/C35H39FN8O4/c36-29-4-1-3-25-21-38-22-31(33(25)29)42-12-9-28-30(24-42)39-35(48-20-19-47-27-6-7-27)40-34(28)43-13-14-44(26(23-43)8-10-37)32(45)5-2-11-41-15-17-46-18-16-41/h1-5,21-23,27H,6-9,11-20,24H2/b5-2+. The molecule has 250 valence electrons. The van der Waals surface area contributed by atoms with Crippen LogP contribution in [0, 0.1) is 17.1 Å². The summed E-state index contributed by atoms with van der Waals surface area (Å²) in [5.41, 5.74) is 3.05. The summed E-state index contributed by atoms with van der Waals surface area (Å²) in [6, 6.07) is 7.46. The van der Waals surface area contributed by atoms with Crippen LogP contribution >= 0.6 is 0 Å². The first-order valence-corrected chi connectivity index (χ1v) is 16.6. The first-order valence-electron chi connectivity index (χ1n) is 16.6. The highest BCUT2D eigenvalue weighted by molar-refractivity contribution is 5.94. The van der Waals surface area contributed by atoms with E-state index in [-0.39, 0.29) is 24.2 Å². The van der Waals surface area contributed by atoms with Gasteiger partial charge >= 0.3 is 6.01 Å². The number of nitrogens with zero attached hydrogens (tertiary/aromatic N) is 8. The van der Waals surface area contributed by atoms with Crippen molar-refractivity contribution in [2.75, 3.05) is 75.5 Å². The number of pyridine rings is 1. The number of ether oxygens (including phenoxy) is 3. The Kier molecular flexibility index (Phi) is 9.74. The summed E-state index contributed by atoms with van der Waals surface area (Å²) in [7, 11) is 0. The van der Waals surface area contributed by atoms with E-state index in [9.17, 15) is 10.1 Å². The molecular weight excluding hydrogens is 615 g/mol. The molecule has 13 heteroatoms. The SMILES string of the molecule is N#CCC1=CN(c2nc(OCCOC3CC3)nc3c2CCN(c2cncc4cccc(F)c24)C3)CCN1C(=O)/C=C/CN1CCOCC1. The summed E-state index contributed by atoms with van der Waals surface area (Å²) in [5, 5.41) is 10.9. The van der Waals surface area contributed by atoms with E-state index >= 15 is 4.39 Å². The molecule has 2 fully saturated rings. The van der Waals surface area contributed by atoms with Crippen LogP contribution in [0.3, 0.4) is 0 Å². The number of hydrogen-bond acceptors (Lipinski definition) is 11. The van der Waals surface area contributed by atoms with Gasteiger partial charge in [0.05, 0.1) is 68.2 Å². The fraction of sp³-hybridized carbons (Fsp3) is 0.457. The van der Waals surface area contributed by atoms with Crippen molar-refractivity contribution in [3.05, 3.63) is 71.7 Å². The van der Waals surface area contributed by atoms with E-state index in [2.05, 4.69) is 20.9 Å². The topological polar surface area (TPSA) is 120 Å². The zero-order valence-corrected chi connectivity index (χ0v) is 26.9. The molecule has 5 heterocycles. The summed E-state index contributed by atoms with van der Waals surface area (Å²) in [6.07, 6.45) is 11.8. The quantitative estimate of drug-likeness (QED) is 0.223. The Labute approximate surface area is 279 Å². The summed E-state index contributed by atoms with van der Waals surface area (Å²) in [6.45, 7) is 6.40. The minimum atomic E-state index is -0.294. The maximum Gasteiger partial charge on any atom is 0.318 e. The van der Waals surface area contributed by atoms with Gasteiger partial charge in [-0.3, -0.25) is 14.7 Å². The number of carbonyl (C=O) groups excluding carboxylic acids is 1. The smallest absolute Gasteiger partial charge is 0.318 e. The first-order chi connectivity index (χ1) is 23.6. The summed E-state index contributed by atoms with van der Waals surface area (Å²) < 4.78 is 32.2. The van der Waals surface area contributed by atoms with Gasteiger partial charge < -0.3 is 28.9 Å². The molecule has 0 radical (unpaired) electrons. The lowest BCUT2D eigenvalue weighted by Gasteiger charge is -2.36. The molecule has 0 N–H and O–H groups in total. The average molecular weight is 655 g/mol. The number of rotatable bonds is 11. The number of halogens is 1. The van der Waals surface area contributed by atoms with Gasteiger partial charge in [-0.1, -0.05) is 18.2 Å². The second-order valence-electron chi connectivity index (χ2n) is 12.3. The highest BCUT2D eigenvalue weighted by Gasteiger charge is 2.30. The first kappa shape index (κ1) is 31.9. The van der Waals surface area contributed by atoms with Crippen LogP contribution in [-0.4, -0.2) is 102 Å². The largest absolute Gasteiger partial charge is 0.461 e. The molecule has 1 saturated heterocycles. The van der Waals surface area contributed by atoms with Crippen LogP contribution in [0.2, 0.25) is 0 Å². The third kappa shape index (κ3) is 7.26. The Morgan fingerprint density at radius 3 is 2.81 bits per heavy atom. The van der Waals surface area contributed by atoms with Crippen molar-refractivity contribution in [1.82, 2.24) is 24.8 Å². The van der Waals surface area contributed by atoms with Crippen LogP contribution in [-0.2, 0) is 27.2 Å². The van der Waals surface area contributed by atoms with Crippen molar-refractivity contribution >= 4 is 28.2 Å². The van der Waals surface area contributed by atoms with E-state index in [1.54, 1.807) is 29.4 Å². The minimum absolute atomic E-state index is 0.0715. The Bertz CT molecular complexity index is 1750. The van der Waals surface area contributed by atoms with E-state index in [1.165, 1.54) is 6.07 Å². The lowest BCUT2D eigenvalue weighted by atomic mass is 10.0. The minimum Gasteiger partial charge on any atom is -0.461 e. The van der Waals surface area contributed by atoms with Gasteiger partial charge in [0.15, 0.2) is 0 Å². The van der Waals surface area contributed by atoms with Crippen molar-refractivity contribution in [1.29, 1.82) is 5.26 Å². The Morgan fingerprint density at radius 1 is 1.10 bits per heavy atom. The molecule has 2 aromatic heterocycles. The van der Waals surface area contributed by atoms with Crippen LogP contribution in [0.5, 0.6) is 6.01 Å². The van der Waals surface area contributed by atoms with Gasteiger partial charge in [-0.25, -0.2) is 4.39 Å². The molecule has 0 bridgehead atoms. The molecule has 3 aliphatic heterocycles. The number of allylic oxidation sites excluding steroid dienone is 1. The van der Waals surface area contributed by atoms with Gasteiger partial charge in [-0.15, -0.1) is 0 Å². The number of carbonyl (C=O) groups is 1. The van der Waals surface area contributed by atoms with Gasteiger partial charge in [-0.2, -0.15) is 15.2 Å². The molecule has 1 aromatic carbocycles. The molecule has 1 aliphatic carbocycles. The number of morpholine rings is 1. The molecular formula is C35H39FN8O4. The maximum atomic E-state index is 15.1. The molecule has 3 aromatic rings. The van der Waals surface area contributed by atoms with E-state index < -0.39 is 0 Å². The molecule has 0 spiro atoms. The number of benzene rings is 1. The summed E-state index contributed by atoms with van der Waals surface area (Å²) >= 11 is 0. The number of aromatic nitrogens is 3. The Balaban J connectivity index is 1.15. The number of hydrogen-bond donors (Lipinski definition) is 0. The number of nitriles is 1. The van der Waals surface area contributed by atoms with Gasteiger partial charge in [0.2, 0.25) is 0 Å². The molecule has 12 nitrogen and oxygen atoms in total. The monoisotopic (exact) mass is 654 g/mol. The van der Waals surface area contributed by atoms with Crippen LogP contribution in [0.25, 0.3) is 10.8 Å². The van der Waals surface area contributed by atoms with Crippen molar-refractivity contribution in [2.24, 2.45) is 0 Å². The highest BCUT2D eigenvalue weighted by Crippen LogP contribution is 2.35. The van der Waals surface area contributed by atoms with Gasteiger partial charge in [-0.05, 0) is 25.3 Å². The number of anilines is 2. The summed E-state index contributed by atoms with van der Waals surface area (Å²) in [5.74, 6) is 0.239. The van der Waals surface area contributed by atoms with E-state index in [1.807, 2.05) is 23.2 Å². The van der Waals surface area contributed by atoms with Crippen LogP contribution in [0.1, 0.15) is 30.5 Å². The number of amides is 1. The zero-order valence-electron chi connectivity index (χ0n) is 26.9. The van der Waals surface area contributed by atoms with E-state index in [0.29, 0.717) is 94.3 Å². The van der Waals surface area contributed by atoms with Gasteiger partial charge in [0.1, 0.15) is 18.2 Å². The lowest BCUT2D eigenvalue weighted by Crippen LogP contribution is -2.42. The van der Waals surface area contributed by atoms with Crippen LogP contribution in [0.4, 0.5) is 15.9 Å². The van der Waals surface area contributed by atoms with Crippen molar-refractivity contribution in [2.45, 2.75) is 38.3 Å². The van der Waals surface area contributed by atoms with Gasteiger partial charge in [0.25, 0.3) is 5.91 Å².